The lowest BCUT2D eigenvalue weighted by Crippen LogP contribution is -2.29. The third kappa shape index (κ3) is 2.60. The monoisotopic (exact) mass is 245 g/mol. The van der Waals surface area contributed by atoms with Gasteiger partial charge in [-0.1, -0.05) is 12.1 Å². The summed E-state index contributed by atoms with van der Waals surface area (Å²) in [5.41, 5.74) is 8.16. The van der Waals surface area contributed by atoms with Crippen LogP contribution in [0.3, 0.4) is 0 Å². The van der Waals surface area contributed by atoms with Gasteiger partial charge in [-0.2, -0.15) is 5.26 Å². The van der Waals surface area contributed by atoms with Crippen molar-refractivity contribution in [2.75, 3.05) is 13.2 Å². The van der Waals surface area contributed by atoms with Crippen LogP contribution in [-0.4, -0.2) is 19.1 Å². The molecule has 5 nitrogen and oxygen atoms in total. The molecule has 5 heteroatoms. The highest BCUT2D eigenvalue weighted by Gasteiger charge is 2.22. The molecule has 1 aliphatic carbocycles. The van der Waals surface area contributed by atoms with Crippen LogP contribution in [0.5, 0.6) is 5.75 Å². The Bertz CT molecular complexity index is 493. The van der Waals surface area contributed by atoms with Crippen LogP contribution in [0.1, 0.15) is 23.6 Å². The van der Waals surface area contributed by atoms with E-state index in [1.54, 1.807) is 0 Å². The predicted octanol–water partition coefficient (Wildman–Crippen LogP) is 0.651. The highest BCUT2D eigenvalue weighted by atomic mass is 16.5. The van der Waals surface area contributed by atoms with Crippen molar-refractivity contribution in [2.45, 2.75) is 18.9 Å². The smallest absolute Gasteiger partial charge is 0.258 e. The zero-order valence-corrected chi connectivity index (χ0v) is 9.98. The number of hydrogen-bond acceptors (Lipinski definition) is 4. The molecule has 0 aromatic heterocycles. The van der Waals surface area contributed by atoms with Gasteiger partial charge >= 0.3 is 0 Å². The second-order valence-corrected chi connectivity index (χ2v) is 4.19. The molecule has 0 saturated heterocycles. The molecular weight excluding hydrogens is 230 g/mol. The maximum atomic E-state index is 11.3. The Morgan fingerprint density at radius 1 is 1.61 bits per heavy atom. The van der Waals surface area contributed by atoms with Crippen molar-refractivity contribution in [1.29, 1.82) is 5.26 Å². The molecule has 18 heavy (non-hydrogen) atoms. The van der Waals surface area contributed by atoms with Gasteiger partial charge in [-0.15, -0.1) is 0 Å². The lowest BCUT2D eigenvalue weighted by molar-refractivity contribution is -0.122. The number of hydrogen-bond donors (Lipinski definition) is 2. The predicted molar refractivity (Wildman–Crippen MR) is 65.8 cm³/mol. The molecule has 1 aromatic rings. The van der Waals surface area contributed by atoms with E-state index >= 15 is 0 Å². The number of rotatable bonds is 4. The van der Waals surface area contributed by atoms with Crippen LogP contribution in [0.25, 0.3) is 0 Å². The van der Waals surface area contributed by atoms with Crippen molar-refractivity contribution in [3.63, 3.8) is 0 Å². The molecule has 0 saturated carbocycles. The number of nitriles is 1. The largest absolute Gasteiger partial charge is 0.483 e. The minimum atomic E-state index is -0.295. The van der Waals surface area contributed by atoms with Crippen LogP contribution in [0, 0.1) is 11.3 Å². The van der Waals surface area contributed by atoms with Crippen LogP contribution >= 0.6 is 0 Å². The Labute approximate surface area is 106 Å². The number of nitrogens with zero attached hydrogens (tertiary/aromatic N) is 1. The van der Waals surface area contributed by atoms with Crippen LogP contribution in [0.4, 0.5) is 0 Å². The van der Waals surface area contributed by atoms with E-state index in [2.05, 4.69) is 5.32 Å². The Morgan fingerprint density at radius 3 is 3.22 bits per heavy atom. The van der Waals surface area contributed by atoms with E-state index in [1.165, 1.54) is 0 Å². The van der Waals surface area contributed by atoms with Crippen LogP contribution in [0.15, 0.2) is 18.2 Å². The summed E-state index contributed by atoms with van der Waals surface area (Å²) < 4.78 is 5.48. The minimum absolute atomic E-state index is 0.0000355. The highest BCUT2D eigenvalue weighted by molar-refractivity contribution is 5.77. The zero-order valence-electron chi connectivity index (χ0n) is 9.98. The maximum absolute atomic E-state index is 11.3. The summed E-state index contributed by atoms with van der Waals surface area (Å²) in [5.74, 6) is 0.420. The van der Waals surface area contributed by atoms with Crippen molar-refractivity contribution >= 4 is 5.91 Å². The molecule has 0 aliphatic heterocycles. The van der Waals surface area contributed by atoms with E-state index in [0.29, 0.717) is 5.75 Å². The average Bonchev–Trinajstić information content (AvgIpc) is 2.76. The van der Waals surface area contributed by atoms with Crippen molar-refractivity contribution in [1.82, 2.24) is 5.32 Å². The van der Waals surface area contributed by atoms with Gasteiger partial charge < -0.3 is 15.8 Å². The number of nitrogens with two attached hydrogens (primary N) is 1. The van der Waals surface area contributed by atoms with E-state index in [9.17, 15) is 4.79 Å². The van der Waals surface area contributed by atoms with Crippen molar-refractivity contribution in [3.05, 3.63) is 29.3 Å². The standard InChI is InChI=1S/C13H15N3O2/c14-6-7-16-13(17)8-18-12-3-1-2-9-10(12)4-5-11(9)15/h1-3,11H,4-5,7-8,15H2,(H,16,17). The van der Waals surface area contributed by atoms with Gasteiger partial charge in [0.2, 0.25) is 0 Å². The van der Waals surface area contributed by atoms with E-state index in [1.807, 2.05) is 24.3 Å². The summed E-state index contributed by atoms with van der Waals surface area (Å²) in [6.45, 7) is -0.0761. The Morgan fingerprint density at radius 2 is 2.44 bits per heavy atom. The van der Waals surface area contributed by atoms with E-state index < -0.39 is 0 Å². The number of ether oxygens (including phenoxy) is 1. The third-order valence-corrected chi connectivity index (χ3v) is 3.00. The summed E-state index contributed by atoms with van der Waals surface area (Å²) in [4.78, 5) is 11.3. The minimum Gasteiger partial charge on any atom is -0.483 e. The zero-order chi connectivity index (χ0) is 13.0. The molecule has 0 bridgehead atoms. The first-order valence-electron chi connectivity index (χ1n) is 5.86. The molecule has 1 aromatic carbocycles. The Kier molecular flexibility index (Phi) is 3.80. The molecule has 0 heterocycles. The highest BCUT2D eigenvalue weighted by Crippen LogP contribution is 2.35. The van der Waals surface area contributed by atoms with Crippen LogP contribution in [0.2, 0.25) is 0 Å². The van der Waals surface area contributed by atoms with Gasteiger partial charge in [0.1, 0.15) is 12.3 Å². The normalized spacial score (nSPS) is 16.8. The molecule has 1 amide bonds. The molecule has 1 atom stereocenters. The molecule has 1 unspecified atom stereocenters. The first-order valence-corrected chi connectivity index (χ1v) is 5.86. The van der Waals surface area contributed by atoms with Gasteiger partial charge in [-0.05, 0) is 30.0 Å². The molecule has 0 fully saturated rings. The fraction of sp³-hybridized carbons (Fsp3) is 0.385. The van der Waals surface area contributed by atoms with Crippen molar-refractivity contribution in [2.24, 2.45) is 5.73 Å². The number of carbonyl (C=O) groups is 1. The van der Waals surface area contributed by atoms with E-state index in [0.717, 1.165) is 24.0 Å². The number of nitrogens with one attached hydrogen (secondary N) is 1. The van der Waals surface area contributed by atoms with Crippen LogP contribution < -0.4 is 15.8 Å². The van der Waals surface area contributed by atoms with Gasteiger partial charge in [0, 0.05) is 6.04 Å². The van der Waals surface area contributed by atoms with E-state index in [-0.39, 0.29) is 25.1 Å². The first kappa shape index (κ1) is 12.4. The fourth-order valence-electron chi connectivity index (χ4n) is 2.12. The van der Waals surface area contributed by atoms with Crippen LogP contribution in [-0.2, 0) is 11.2 Å². The van der Waals surface area contributed by atoms with Crippen molar-refractivity contribution in [3.8, 4) is 11.8 Å². The number of carbonyl (C=O) groups excluding carboxylic acids is 1. The second kappa shape index (κ2) is 5.52. The molecule has 3 N–H and O–H groups in total. The molecule has 0 radical (unpaired) electrons. The molecule has 1 aliphatic rings. The fourth-order valence-corrected chi connectivity index (χ4v) is 2.12. The summed E-state index contributed by atoms with van der Waals surface area (Å²) in [7, 11) is 0. The lowest BCUT2D eigenvalue weighted by atomic mass is 10.1. The van der Waals surface area contributed by atoms with Gasteiger partial charge in [-0.25, -0.2) is 0 Å². The Hall–Kier alpha value is -2.06. The first-order chi connectivity index (χ1) is 8.72. The third-order valence-electron chi connectivity index (χ3n) is 3.00. The van der Waals surface area contributed by atoms with E-state index in [4.69, 9.17) is 15.7 Å². The van der Waals surface area contributed by atoms with Gasteiger partial charge in [-0.3, -0.25) is 4.79 Å². The summed E-state index contributed by atoms with van der Waals surface area (Å²) in [6.07, 6.45) is 1.79. The number of benzene rings is 1. The number of fused-ring (bicyclic) bond motifs is 1. The molecule has 2 rings (SSSR count). The van der Waals surface area contributed by atoms with Crippen molar-refractivity contribution < 1.29 is 9.53 Å². The molecule has 94 valence electrons. The quantitative estimate of drug-likeness (QED) is 0.762. The molecule has 0 spiro atoms. The Balaban J connectivity index is 1.99. The second-order valence-electron chi connectivity index (χ2n) is 4.19. The SMILES string of the molecule is N#CCNC(=O)COc1cccc2c1CCC2N. The van der Waals surface area contributed by atoms with Gasteiger partial charge in [0.15, 0.2) is 6.61 Å². The summed E-state index contributed by atoms with van der Waals surface area (Å²) >= 11 is 0. The summed E-state index contributed by atoms with van der Waals surface area (Å²) in [6, 6.07) is 7.62. The maximum Gasteiger partial charge on any atom is 0.258 e. The topological polar surface area (TPSA) is 88.1 Å². The van der Waals surface area contributed by atoms with Gasteiger partial charge in [0.25, 0.3) is 5.91 Å². The lowest BCUT2D eigenvalue weighted by Gasteiger charge is -2.11. The number of amides is 1. The average molecular weight is 245 g/mol. The molecular formula is C13H15N3O2. The summed E-state index contributed by atoms with van der Waals surface area (Å²) in [5, 5.41) is 10.8. The van der Waals surface area contributed by atoms with Gasteiger partial charge in [0.05, 0.1) is 6.07 Å².